The summed E-state index contributed by atoms with van der Waals surface area (Å²) in [6, 6.07) is 0. The third-order valence-corrected chi connectivity index (χ3v) is 8.41. The zero-order chi connectivity index (χ0) is 19.1. The first kappa shape index (κ1) is 19.8. The molecule has 3 heteroatoms. The van der Waals surface area contributed by atoms with Gasteiger partial charge in [0.05, 0.1) is 6.10 Å². The highest BCUT2D eigenvalue weighted by Gasteiger charge is 2.58. The summed E-state index contributed by atoms with van der Waals surface area (Å²) in [4.78, 5) is 21.6. The fourth-order valence-corrected chi connectivity index (χ4v) is 6.53. The van der Waals surface area contributed by atoms with Gasteiger partial charge in [-0.25, -0.2) is 0 Å². The molecule has 0 bridgehead atoms. The van der Waals surface area contributed by atoms with Gasteiger partial charge < -0.3 is 9.90 Å². The first-order valence-corrected chi connectivity index (χ1v) is 10.6. The predicted molar refractivity (Wildman–Crippen MR) is 104 cm³/mol. The number of rotatable bonds is 1. The molecule has 4 aliphatic carbocycles. The van der Waals surface area contributed by atoms with Crippen molar-refractivity contribution in [3.63, 3.8) is 0 Å². The van der Waals surface area contributed by atoms with Crippen LogP contribution in [0.3, 0.4) is 0 Å². The van der Waals surface area contributed by atoms with Gasteiger partial charge in [0.15, 0.2) is 5.78 Å². The second-order valence-electron chi connectivity index (χ2n) is 9.66. The lowest BCUT2D eigenvalue weighted by atomic mass is 9.47. The molecule has 0 aromatic heterocycles. The van der Waals surface area contributed by atoms with Gasteiger partial charge in [0.1, 0.15) is 5.78 Å². The number of carbonyl (C=O) groups is 2. The van der Waals surface area contributed by atoms with Gasteiger partial charge in [-0.3, -0.25) is 4.79 Å². The zero-order valence-electron chi connectivity index (χ0n) is 17.0. The van der Waals surface area contributed by atoms with Gasteiger partial charge in [-0.2, -0.15) is 0 Å². The van der Waals surface area contributed by atoms with Gasteiger partial charge in [-0.15, -0.1) is 0 Å². The van der Waals surface area contributed by atoms with E-state index in [-0.39, 0.29) is 22.7 Å². The SMILES string of the molecule is CC12CCC(=O)C=C1CCC1C2CCC2(C)C(O)CCC12.CCC(C)=O. The first-order valence-electron chi connectivity index (χ1n) is 10.6. The maximum atomic E-state index is 11.8. The number of allylic oxidation sites excluding steroid dienone is 1. The third kappa shape index (κ3) is 3.21. The number of ketones is 2. The van der Waals surface area contributed by atoms with E-state index in [9.17, 15) is 14.7 Å². The predicted octanol–water partition coefficient (Wildman–Crippen LogP) is 4.86. The molecule has 0 radical (unpaired) electrons. The largest absolute Gasteiger partial charge is 0.393 e. The van der Waals surface area contributed by atoms with E-state index in [1.807, 2.05) is 13.0 Å². The van der Waals surface area contributed by atoms with Crippen LogP contribution in [0.15, 0.2) is 11.6 Å². The fourth-order valence-electron chi connectivity index (χ4n) is 6.53. The average molecular weight is 361 g/mol. The van der Waals surface area contributed by atoms with Gasteiger partial charge in [0.25, 0.3) is 0 Å². The monoisotopic (exact) mass is 360 g/mol. The molecule has 6 unspecified atom stereocenters. The van der Waals surface area contributed by atoms with E-state index in [1.54, 1.807) is 6.92 Å². The minimum absolute atomic E-state index is 0.0823. The Kier molecular flexibility index (Phi) is 5.50. The minimum Gasteiger partial charge on any atom is -0.393 e. The van der Waals surface area contributed by atoms with Gasteiger partial charge in [-0.1, -0.05) is 26.3 Å². The van der Waals surface area contributed by atoms with E-state index in [0.717, 1.165) is 37.5 Å². The number of carbonyl (C=O) groups excluding carboxylic acids is 2. The van der Waals surface area contributed by atoms with Crippen LogP contribution < -0.4 is 0 Å². The van der Waals surface area contributed by atoms with Crippen molar-refractivity contribution < 1.29 is 14.7 Å². The Morgan fingerprint density at radius 2 is 1.81 bits per heavy atom. The van der Waals surface area contributed by atoms with Gasteiger partial charge >= 0.3 is 0 Å². The van der Waals surface area contributed by atoms with E-state index in [1.165, 1.54) is 31.3 Å². The Balaban J connectivity index is 0.000000349. The van der Waals surface area contributed by atoms with Crippen LogP contribution in [0.25, 0.3) is 0 Å². The average Bonchev–Trinajstić information content (AvgIpc) is 2.91. The number of fused-ring (bicyclic) bond motifs is 5. The molecule has 4 aliphatic rings. The van der Waals surface area contributed by atoms with E-state index < -0.39 is 0 Å². The summed E-state index contributed by atoms with van der Waals surface area (Å²) in [5.41, 5.74) is 1.89. The van der Waals surface area contributed by atoms with Crippen molar-refractivity contribution >= 4 is 11.6 Å². The third-order valence-electron chi connectivity index (χ3n) is 8.41. The molecule has 3 fully saturated rings. The highest BCUT2D eigenvalue weighted by Crippen LogP contribution is 2.65. The van der Waals surface area contributed by atoms with Crippen LogP contribution in [0.5, 0.6) is 0 Å². The highest BCUT2D eigenvalue weighted by molar-refractivity contribution is 5.91. The minimum atomic E-state index is -0.0823. The normalized spacial score (nSPS) is 44.0. The molecule has 6 atom stereocenters. The molecule has 0 aliphatic heterocycles. The molecule has 0 aromatic rings. The summed E-state index contributed by atoms with van der Waals surface area (Å²) in [6.07, 6.45) is 11.4. The summed E-state index contributed by atoms with van der Waals surface area (Å²) in [5, 5.41) is 10.4. The molecule has 0 heterocycles. The quantitative estimate of drug-likeness (QED) is 0.726. The van der Waals surface area contributed by atoms with Crippen molar-refractivity contribution in [3.8, 4) is 0 Å². The summed E-state index contributed by atoms with van der Waals surface area (Å²) in [5.74, 6) is 2.83. The van der Waals surface area contributed by atoms with Crippen molar-refractivity contribution in [3.05, 3.63) is 11.6 Å². The molecule has 4 rings (SSSR count). The van der Waals surface area contributed by atoms with Crippen molar-refractivity contribution in [2.45, 2.75) is 91.6 Å². The highest BCUT2D eigenvalue weighted by atomic mass is 16.3. The molecule has 26 heavy (non-hydrogen) atoms. The maximum Gasteiger partial charge on any atom is 0.155 e. The van der Waals surface area contributed by atoms with Crippen LogP contribution in [0, 0.1) is 28.6 Å². The van der Waals surface area contributed by atoms with E-state index >= 15 is 0 Å². The Morgan fingerprint density at radius 1 is 1.12 bits per heavy atom. The lowest BCUT2D eigenvalue weighted by molar-refractivity contribution is -0.118. The molecule has 0 spiro atoms. The molecule has 1 N–H and O–H groups in total. The molecular formula is C23H36O3. The lowest BCUT2D eigenvalue weighted by Crippen LogP contribution is -2.51. The first-order chi connectivity index (χ1) is 12.2. The standard InChI is InChI=1S/C19H28O2.C4H8O/c1-18-9-7-13(20)11-12(18)3-4-14-15-5-6-17(21)19(15,2)10-8-16(14)18;1-3-4(2)5/h11,14-17,21H,3-10H2,1-2H3;3H2,1-2H3. The number of hydrogen-bond acceptors (Lipinski definition) is 3. The van der Waals surface area contributed by atoms with Gasteiger partial charge in [0.2, 0.25) is 0 Å². The second-order valence-corrected chi connectivity index (χ2v) is 9.66. The van der Waals surface area contributed by atoms with Crippen LogP contribution in [0.4, 0.5) is 0 Å². The molecule has 0 saturated heterocycles. The van der Waals surface area contributed by atoms with Gasteiger partial charge in [-0.05, 0) is 86.5 Å². The topological polar surface area (TPSA) is 54.4 Å². The molecule has 0 aromatic carbocycles. The molecule has 3 nitrogen and oxygen atoms in total. The number of aliphatic hydroxyl groups excluding tert-OH is 1. The fraction of sp³-hybridized carbons (Fsp3) is 0.826. The van der Waals surface area contributed by atoms with E-state index in [4.69, 9.17) is 0 Å². The van der Waals surface area contributed by atoms with E-state index in [0.29, 0.717) is 18.1 Å². The van der Waals surface area contributed by atoms with E-state index in [2.05, 4.69) is 13.8 Å². The number of Topliss-reactive ketones (excluding diaryl/α,β-unsaturated/α-hetero) is 1. The van der Waals surface area contributed by atoms with Crippen molar-refractivity contribution in [1.82, 2.24) is 0 Å². The van der Waals surface area contributed by atoms with Crippen LogP contribution >= 0.6 is 0 Å². The lowest BCUT2D eigenvalue weighted by Gasteiger charge is -2.57. The Morgan fingerprint density at radius 3 is 2.46 bits per heavy atom. The second kappa shape index (κ2) is 7.22. The Labute approximate surface area is 158 Å². The summed E-state index contributed by atoms with van der Waals surface area (Å²) in [6.45, 7) is 8.20. The van der Waals surface area contributed by atoms with Crippen LogP contribution in [0.1, 0.15) is 85.5 Å². The Hall–Kier alpha value is -0.960. The van der Waals surface area contributed by atoms with Crippen LogP contribution in [-0.4, -0.2) is 22.8 Å². The summed E-state index contributed by atoms with van der Waals surface area (Å²) >= 11 is 0. The molecule has 0 amide bonds. The molecular weight excluding hydrogens is 324 g/mol. The Bertz CT molecular complexity index is 607. The van der Waals surface area contributed by atoms with Crippen molar-refractivity contribution in [1.29, 1.82) is 0 Å². The maximum absolute atomic E-state index is 11.8. The number of hydrogen-bond donors (Lipinski definition) is 1. The number of aliphatic hydroxyl groups is 1. The zero-order valence-corrected chi connectivity index (χ0v) is 17.0. The van der Waals surface area contributed by atoms with Crippen molar-refractivity contribution in [2.24, 2.45) is 28.6 Å². The molecule has 3 saturated carbocycles. The van der Waals surface area contributed by atoms with Gasteiger partial charge in [0, 0.05) is 12.8 Å². The van der Waals surface area contributed by atoms with Crippen LogP contribution in [-0.2, 0) is 9.59 Å². The molecule has 146 valence electrons. The summed E-state index contributed by atoms with van der Waals surface area (Å²) < 4.78 is 0. The smallest absolute Gasteiger partial charge is 0.155 e. The van der Waals surface area contributed by atoms with Crippen LogP contribution in [0.2, 0.25) is 0 Å². The van der Waals surface area contributed by atoms with Crippen molar-refractivity contribution in [2.75, 3.05) is 0 Å². The summed E-state index contributed by atoms with van der Waals surface area (Å²) in [7, 11) is 0.